The van der Waals surface area contributed by atoms with Gasteiger partial charge in [0, 0.05) is 32.2 Å². The Balaban J connectivity index is 2.05. The molecule has 0 amide bonds. The van der Waals surface area contributed by atoms with Crippen LogP contribution in [0.4, 0.5) is 0 Å². The van der Waals surface area contributed by atoms with Crippen molar-refractivity contribution in [2.45, 2.75) is 43.4 Å². The smallest absolute Gasteiger partial charge is 0.217 e. The second-order valence-corrected chi connectivity index (χ2v) is 7.14. The van der Waals surface area contributed by atoms with Gasteiger partial charge in [0.05, 0.1) is 11.1 Å². The van der Waals surface area contributed by atoms with Crippen LogP contribution < -0.4 is 5.73 Å². The Hall–Kier alpha value is -0.660. The summed E-state index contributed by atoms with van der Waals surface area (Å²) in [7, 11) is -3.26. The molecule has 2 aliphatic rings. The van der Waals surface area contributed by atoms with Gasteiger partial charge in [-0.15, -0.1) is 0 Å². The molecule has 1 saturated carbocycles. The molecule has 0 bridgehead atoms. The molecule has 104 valence electrons. The van der Waals surface area contributed by atoms with E-state index in [1.807, 2.05) is 0 Å². The van der Waals surface area contributed by atoms with Crippen LogP contribution in [0.15, 0.2) is 0 Å². The van der Waals surface area contributed by atoms with Crippen molar-refractivity contribution in [3.63, 3.8) is 0 Å². The summed E-state index contributed by atoms with van der Waals surface area (Å²) in [5.41, 5.74) is 5.32. The standard InChI is InChI=1S/C11H21N3O3S/c12-11(13)3-6-14(9-1-2-9)18(15,16)10-4-7-17-8-5-10/h9-10H,1-8H2,(H3,12,13). The van der Waals surface area contributed by atoms with Crippen molar-refractivity contribution >= 4 is 15.9 Å². The minimum absolute atomic E-state index is 0.0443. The predicted octanol–water partition coefficient (Wildman–Crippen LogP) is 0.286. The first-order chi connectivity index (χ1) is 8.51. The number of nitrogens with zero attached hydrogens (tertiary/aromatic N) is 1. The van der Waals surface area contributed by atoms with E-state index < -0.39 is 10.0 Å². The van der Waals surface area contributed by atoms with E-state index in [1.54, 1.807) is 4.31 Å². The highest BCUT2D eigenvalue weighted by molar-refractivity contribution is 7.89. The Morgan fingerprint density at radius 1 is 1.28 bits per heavy atom. The van der Waals surface area contributed by atoms with E-state index in [-0.39, 0.29) is 17.1 Å². The fourth-order valence-electron chi connectivity index (χ4n) is 2.28. The zero-order valence-corrected chi connectivity index (χ0v) is 11.3. The van der Waals surface area contributed by atoms with Crippen molar-refractivity contribution in [2.75, 3.05) is 19.8 Å². The van der Waals surface area contributed by atoms with Crippen LogP contribution in [-0.4, -0.2) is 49.6 Å². The average Bonchev–Trinajstić information content (AvgIpc) is 3.14. The quantitative estimate of drug-likeness (QED) is 0.537. The summed E-state index contributed by atoms with van der Waals surface area (Å²) < 4.78 is 31.9. The molecule has 1 saturated heterocycles. The number of ether oxygens (including phenoxy) is 1. The Bertz CT molecular complexity index is 400. The van der Waals surface area contributed by atoms with Gasteiger partial charge < -0.3 is 10.5 Å². The first kappa shape index (κ1) is 13.8. The van der Waals surface area contributed by atoms with Crippen LogP contribution in [0.5, 0.6) is 0 Å². The van der Waals surface area contributed by atoms with E-state index in [1.165, 1.54) is 0 Å². The Kier molecular flexibility index (Phi) is 4.24. The SMILES string of the molecule is N=C(N)CCN(C1CC1)S(=O)(=O)C1CCOCC1. The van der Waals surface area contributed by atoms with E-state index in [9.17, 15) is 8.42 Å². The second-order valence-electron chi connectivity index (χ2n) is 4.97. The molecule has 0 aromatic rings. The lowest BCUT2D eigenvalue weighted by molar-refractivity contribution is 0.0971. The highest BCUT2D eigenvalue weighted by Gasteiger charge is 2.41. The average molecular weight is 275 g/mol. The molecular formula is C11H21N3O3S. The number of hydrogen-bond donors (Lipinski definition) is 2. The fourth-order valence-corrected chi connectivity index (χ4v) is 4.42. The normalized spacial score (nSPS) is 22.3. The molecule has 0 atom stereocenters. The Morgan fingerprint density at radius 2 is 1.89 bits per heavy atom. The van der Waals surface area contributed by atoms with Gasteiger partial charge >= 0.3 is 0 Å². The van der Waals surface area contributed by atoms with Gasteiger partial charge in [-0.05, 0) is 25.7 Å². The Morgan fingerprint density at radius 3 is 2.39 bits per heavy atom. The molecule has 0 radical (unpaired) electrons. The maximum atomic E-state index is 12.5. The molecule has 7 heteroatoms. The summed E-state index contributed by atoms with van der Waals surface area (Å²) in [5.74, 6) is 0.0443. The number of rotatable bonds is 6. The molecule has 18 heavy (non-hydrogen) atoms. The lowest BCUT2D eigenvalue weighted by atomic mass is 10.2. The van der Waals surface area contributed by atoms with Crippen molar-refractivity contribution < 1.29 is 13.2 Å². The highest BCUT2D eigenvalue weighted by atomic mass is 32.2. The highest BCUT2D eigenvalue weighted by Crippen LogP contribution is 2.32. The van der Waals surface area contributed by atoms with Crippen molar-refractivity contribution in [3.8, 4) is 0 Å². The first-order valence-corrected chi connectivity index (χ1v) is 7.93. The molecule has 1 aliphatic carbocycles. The third kappa shape index (κ3) is 3.21. The van der Waals surface area contributed by atoms with Gasteiger partial charge in [0.15, 0.2) is 0 Å². The fraction of sp³-hybridized carbons (Fsp3) is 0.909. The minimum Gasteiger partial charge on any atom is -0.388 e. The Labute approximate surface area is 108 Å². The van der Waals surface area contributed by atoms with Gasteiger partial charge in [0.2, 0.25) is 10.0 Å². The summed E-state index contributed by atoms with van der Waals surface area (Å²) >= 11 is 0. The molecule has 1 aliphatic heterocycles. The molecular weight excluding hydrogens is 254 g/mol. The van der Waals surface area contributed by atoms with Crippen molar-refractivity contribution in [2.24, 2.45) is 5.73 Å². The summed E-state index contributed by atoms with van der Waals surface area (Å²) in [5, 5.41) is 6.91. The molecule has 1 heterocycles. The van der Waals surface area contributed by atoms with Crippen LogP contribution in [0.2, 0.25) is 0 Å². The van der Waals surface area contributed by atoms with Crippen LogP contribution in [0.25, 0.3) is 0 Å². The number of nitrogens with one attached hydrogen (secondary N) is 1. The van der Waals surface area contributed by atoms with E-state index in [0.717, 1.165) is 12.8 Å². The molecule has 0 aromatic carbocycles. The van der Waals surface area contributed by atoms with Crippen LogP contribution in [0.1, 0.15) is 32.1 Å². The zero-order chi connectivity index (χ0) is 13.2. The lowest BCUT2D eigenvalue weighted by Gasteiger charge is -2.29. The minimum atomic E-state index is -3.26. The van der Waals surface area contributed by atoms with Crippen molar-refractivity contribution in [1.82, 2.24) is 4.31 Å². The third-order valence-corrected chi connectivity index (χ3v) is 5.92. The molecule has 2 fully saturated rings. The lowest BCUT2D eigenvalue weighted by Crippen LogP contribution is -2.43. The van der Waals surface area contributed by atoms with Crippen LogP contribution in [0.3, 0.4) is 0 Å². The molecule has 0 spiro atoms. The number of sulfonamides is 1. The van der Waals surface area contributed by atoms with Crippen LogP contribution in [-0.2, 0) is 14.8 Å². The van der Waals surface area contributed by atoms with E-state index in [4.69, 9.17) is 15.9 Å². The van der Waals surface area contributed by atoms with E-state index in [2.05, 4.69) is 0 Å². The van der Waals surface area contributed by atoms with Crippen LogP contribution >= 0.6 is 0 Å². The summed E-state index contributed by atoms with van der Waals surface area (Å²) in [6, 6.07) is 0.136. The van der Waals surface area contributed by atoms with Gasteiger partial charge in [0.1, 0.15) is 0 Å². The van der Waals surface area contributed by atoms with Crippen molar-refractivity contribution in [1.29, 1.82) is 5.41 Å². The zero-order valence-electron chi connectivity index (χ0n) is 10.5. The predicted molar refractivity (Wildman–Crippen MR) is 69.0 cm³/mol. The number of nitrogens with two attached hydrogens (primary N) is 1. The van der Waals surface area contributed by atoms with Gasteiger partial charge in [0.25, 0.3) is 0 Å². The maximum absolute atomic E-state index is 12.5. The maximum Gasteiger partial charge on any atom is 0.217 e. The van der Waals surface area contributed by atoms with Crippen LogP contribution in [0, 0.1) is 5.41 Å². The van der Waals surface area contributed by atoms with Gasteiger partial charge in [-0.3, -0.25) is 5.41 Å². The van der Waals surface area contributed by atoms with Gasteiger partial charge in [-0.2, -0.15) is 4.31 Å². The summed E-state index contributed by atoms with van der Waals surface area (Å²) in [6.45, 7) is 1.39. The largest absolute Gasteiger partial charge is 0.388 e. The third-order valence-electron chi connectivity index (χ3n) is 3.47. The molecule has 0 aromatic heterocycles. The molecule has 0 unspecified atom stereocenters. The summed E-state index contributed by atoms with van der Waals surface area (Å²) in [6.07, 6.45) is 3.33. The van der Waals surface area contributed by atoms with Crippen molar-refractivity contribution in [3.05, 3.63) is 0 Å². The van der Waals surface area contributed by atoms with E-state index >= 15 is 0 Å². The van der Waals surface area contributed by atoms with Gasteiger partial charge in [-0.25, -0.2) is 8.42 Å². The van der Waals surface area contributed by atoms with E-state index in [0.29, 0.717) is 39.0 Å². The summed E-state index contributed by atoms with van der Waals surface area (Å²) in [4.78, 5) is 0. The topological polar surface area (TPSA) is 96.5 Å². The molecule has 6 nitrogen and oxygen atoms in total. The second kappa shape index (κ2) is 5.54. The number of hydrogen-bond acceptors (Lipinski definition) is 4. The molecule has 3 N–H and O–H groups in total. The number of amidine groups is 1. The van der Waals surface area contributed by atoms with Gasteiger partial charge in [-0.1, -0.05) is 0 Å². The molecule has 2 rings (SSSR count). The monoisotopic (exact) mass is 275 g/mol. The first-order valence-electron chi connectivity index (χ1n) is 6.43.